The van der Waals surface area contributed by atoms with Crippen LogP contribution in [-0.4, -0.2) is 81.5 Å². The van der Waals surface area contributed by atoms with Crippen molar-refractivity contribution < 1.29 is 40.0 Å². The lowest BCUT2D eigenvalue weighted by Crippen LogP contribution is -1.95. The zero-order valence-electron chi connectivity index (χ0n) is 53.0. The summed E-state index contributed by atoms with van der Waals surface area (Å²) in [5.74, 6) is 3.32. The molecule has 11 N–H and O–H groups in total. The van der Waals surface area contributed by atoms with Crippen LogP contribution in [0.4, 0.5) is 0 Å². The van der Waals surface area contributed by atoms with Gasteiger partial charge < -0.3 is 55.1 Å². The zero-order valence-corrected chi connectivity index (χ0v) is 55.3. The topological polar surface area (TPSA) is 299 Å². The Kier molecular flexibility index (Phi) is 21.4. The van der Waals surface area contributed by atoms with Crippen LogP contribution in [0.1, 0.15) is 45.6 Å². The average Bonchev–Trinajstić information content (AvgIpc) is 1.75. The monoisotopic (exact) mass is 1350 g/mol. The molecule has 14 aromatic rings. The highest BCUT2D eigenvalue weighted by Gasteiger charge is 2.21. The van der Waals surface area contributed by atoms with E-state index in [9.17, 15) is 40.2 Å². The Hall–Kier alpha value is -11.8. The normalized spacial score (nSPS) is 10.6. The summed E-state index contributed by atoms with van der Waals surface area (Å²) in [7, 11) is 0. The van der Waals surface area contributed by atoms with E-state index in [1.54, 1.807) is 73.7 Å². The number of phenolic OH excluding ortho intramolecular Hbond substituents is 6. The van der Waals surface area contributed by atoms with Crippen molar-refractivity contribution in [3.8, 4) is 136 Å². The molecule has 97 heavy (non-hydrogen) atoms. The summed E-state index contributed by atoms with van der Waals surface area (Å²) in [6.07, 6.45) is 0. The highest BCUT2D eigenvalue weighted by molar-refractivity contribution is 6.36. The maximum Gasteiger partial charge on any atom is 0.360 e. The Morgan fingerprint density at radius 2 is 0.763 bits per heavy atom. The number of nitrogens with zero attached hydrogens (tertiary/aromatic N) is 4. The number of halogens is 3. The highest BCUT2D eigenvalue weighted by Crippen LogP contribution is 2.41. The van der Waals surface area contributed by atoms with Crippen LogP contribution in [0.2, 0.25) is 15.1 Å². The Bertz CT molecular complexity index is 5100. The number of nitrogens with one attached hydrogen (secondary N) is 5. The first-order valence-electron chi connectivity index (χ1n) is 30.1. The summed E-state index contributed by atoms with van der Waals surface area (Å²) in [5.41, 5.74) is 13.6. The zero-order chi connectivity index (χ0) is 69.0. The Morgan fingerprint density at radius 1 is 0.392 bits per heavy atom. The first-order valence-corrected chi connectivity index (χ1v) is 31.2. The van der Waals surface area contributed by atoms with E-state index in [4.69, 9.17) is 34.8 Å². The van der Waals surface area contributed by atoms with E-state index in [2.05, 4.69) is 49.6 Å². The van der Waals surface area contributed by atoms with Gasteiger partial charge in [0.25, 0.3) is 0 Å². The van der Waals surface area contributed by atoms with Gasteiger partial charge in [0.15, 0.2) is 5.78 Å². The molecule has 0 spiro atoms. The van der Waals surface area contributed by atoms with Crippen LogP contribution >= 0.6 is 34.8 Å². The van der Waals surface area contributed by atoms with Gasteiger partial charge in [0.1, 0.15) is 57.8 Å². The van der Waals surface area contributed by atoms with Gasteiger partial charge in [0.05, 0.1) is 44.6 Å². The number of aromatic hydroxyl groups is 6. The summed E-state index contributed by atoms with van der Waals surface area (Å²) in [5, 5.41) is 63.3. The molecule has 14 rings (SSSR count). The molecule has 18 nitrogen and oxygen atoms in total. The molecule has 0 aliphatic rings. The summed E-state index contributed by atoms with van der Waals surface area (Å²) in [6.45, 7) is 10.7. The third kappa shape index (κ3) is 16.1. The SMILES string of the molecule is CC(=O)c1ccc(O)c(-c2nc(-c3ccccc3)[nH]c2C)c1.Cc1[nH]c(-c2ccccc2)nc1-c1c(O)cccc1O.Cc1[nH]c(-c2ccccc2)nc1-c1cc(Cl)cc(Cl)c1O.Cc1[nH]c(-c2ccccc2)nc1-c1cc(Cl)ccc1O.Cc1c(-c2ccccc2O)[nH]oc1=O. The molecular formula is C76H64Cl3N9O9. The molecule has 0 unspecified atom stereocenters. The van der Waals surface area contributed by atoms with Crippen molar-refractivity contribution in [1.29, 1.82) is 0 Å². The maximum atomic E-state index is 11.5. The highest BCUT2D eigenvalue weighted by atomic mass is 35.5. The van der Waals surface area contributed by atoms with E-state index in [0.29, 0.717) is 83.3 Å². The summed E-state index contributed by atoms with van der Waals surface area (Å²) < 4.78 is 4.61. The van der Waals surface area contributed by atoms with Gasteiger partial charge >= 0.3 is 5.63 Å². The van der Waals surface area contributed by atoms with Crippen LogP contribution < -0.4 is 5.63 Å². The summed E-state index contributed by atoms with van der Waals surface area (Å²) >= 11 is 18.0. The molecule has 0 aliphatic heterocycles. The Balaban J connectivity index is 0.000000132. The van der Waals surface area contributed by atoms with Gasteiger partial charge in [-0.15, -0.1) is 0 Å². The second-order valence-corrected chi connectivity index (χ2v) is 23.4. The lowest BCUT2D eigenvalue weighted by molar-refractivity contribution is 0.101. The van der Waals surface area contributed by atoms with Crippen molar-refractivity contribution in [3.05, 3.63) is 272 Å². The van der Waals surface area contributed by atoms with E-state index in [0.717, 1.165) is 62.5 Å². The first-order chi connectivity index (χ1) is 46.6. The molecule has 9 aromatic carbocycles. The van der Waals surface area contributed by atoms with Crippen LogP contribution in [0, 0.1) is 34.6 Å². The minimum atomic E-state index is -0.414. The number of aromatic amines is 5. The number of Topliss-reactive ketones (excluding diaryl/α,β-unsaturated/α-hetero) is 1. The lowest BCUT2D eigenvalue weighted by atomic mass is 10.0. The third-order valence-electron chi connectivity index (χ3n) is 15.2. The largest absolute Gasteiger partial charge is 0.507 e. The molecule has 0 saturated heterocycles. The molecule has 0 amide bonds. The molecule has 0 atom stereocenters. The number of para-hydroxylation sites is 1. The summed E-state index contributed by atoms with van der Waals surface area (Å²) in [4.78, 5) is 53.7. The molecule has 21 heteroatoms. The number of aromatic nitrogens is 9. The second-order valence-electron chi connectivity index (χ2n) is 22.1. The average molecular weight is 1350 g/mol. The molecule has 0 aliphatic carbocycles. The van der Waals surface area contributed by atoms with Crippen molar-refractivity contribution >= 4 is 40.6 Å². The van der Waals surface area contributed by atoms with Gasteiger partial charge in [-0.25, -0.2) is 29.9 Å². The van der Waals surface area contributed by atoms with Crippen molar-refractivity contribution in [2.24, 2.45) is 0 Å². The van der Waals surface area contributed by atoms with Crippen molar-refractivity contribution in [2.75, 3.05) is 0 Å². The number of hydrogen-bond acceptors (Lipinski definition) is 13. The van der Waals surface area contributed by atoms with Crippen molar-refractivity contribution in [2.45, 2.75) is 41.5 Å². The van der Waals surface area contributed by atoms with E-state index < -0.39 is 5.63 Å². The summed E-state index contributed by atoms with van der Waals surface area (Å²) in [6, 6.07) is 63.4. The molecule has 0 fully saturated rings. The molecular weight excluding hydrogens is 1290 g/mol. The smallest absolute Gasteiger partial charge is 0.360 e. The van der Waals surface area contributed by atoms with Gasteiger partial charge in [-0.2, -0.15) is 0 Å². The predicted octanol–water partition coefficient (Wildman–Crippen LogP) is 18.5. The molecule has 5 aromatic heterocycles. The fraction of sp³-hybridized carbons (Fsp3) is 0.0789. The standard InChI is InChI=1S/C18H16N2O2.C16H12Cl2N2O.C16H13ClN2O.C16H14N2O2.C10H9NO3/c1-11-17(15-10-14(12(2)21)8-9-16(15)22)20-18(19-11)13-6-4-3-5-7-13;1-9-14(12-7-11(17)8-13(18)15(12)21)20-16(19-9)10-5-3-2-4-6-10;1-10-15(13-9-12(17)7-8-14(13)20)19-16(18-10)11-5-3-2-4-6-11;1-10-15(14-12(19)8-5-9-13(14)20)18-16(17-10)11-6-3-2-4-7-11;1-6-9(11-14-10(6)13)7-4-2-3-5-8(7)12/h3-10,22H,1-2H3,(H,19,20);2-8,21H,1H3,(H,19,20);2-9,20H,1H3,(H,18,19);2-9,19-20H,1H3,(H,17,18);2-5,11-12H,1H3. The fourth-order valence-corrected chi connectivity index (χ4v) is 10.9. The number of rotatable bonds is 10. The lowest BCUT2D eigenvalue weighted by Gasteiger charge is -2.05. The number of carbonyl (C=O) groups excluding carboxylic acids is 1. The third-order valence-corrected chi connectivity index (χ3v) is 16.0. The number of H-pyrrole nitrogens is 5. The molecule has 5 heterocycles. The molecule has 488 valence electrons. The van der Waals surface area contributed by atoms with E-state index >= 15 is 0 Å². The number of benzene rings is 9. The number of hydrogen-bond donors (Lipinski definition) is 11. The Labute approximate surface area is 571 Å². The van der Waals surface area contributed by atoms with Gasteiger partial charge in [0.2, 0.25) is 0 Å². The minimum Gasteiger partial charge on any atom is -0.507 e. The second kappa shape index (κ2) is 30.5. The van der Waals surface area contributed by atoms with Crippen LogP contribution in [0.25, 0.3) is 102 Å². The van der Waals surface area contributed by atoms with Crippen LogP contribution in [0.3, 0.4) is 0 Å². The first kappa shape index (κ1) is 68.0. The maximum absolute atomic E-state index is 11.5. The van der Waals surface area contributed by atoms with Crippen LogP contribution in [0.5, 0.6) is 34.5 Å². The van der Waals surface area contributed by atoms with Gasteiger partial charge in [-0.1, -0.05) is 174 Å². The van der Waals surface area contributed by atoms with Gasteiger partial charge in [0, 0.05) is 82.9 Å². The number of ketones is 1. The van der Waals surface area contributed by atoms with Gasteiger partial charge in [-0.3, -0.25) is 4.79 Å². The molecule has 0 saturated carbocycles. The van der Waals surface area contributed by atoms with Crippen molar-refractivity contribution in [1.82, 2.24) is 45.0 Å². The number of carbonyl (C=O) groups is 1. The molecule has 0 radical (unpaired) electrons. The Morgan fingerprint density at radius 3 is 1.20 bits per heavy atom. The van der Waals surface area contributed by atoms with E-state index in [1.807, 2.05) is 149 Å². The predicted molar refractivity (Wildman–Crippen MR) is 381 cm³/mol. The van der Waals surface area contributed by atoms with E-state index in [-0.39, 0.29) is 45.3 Å². The number of imidazole rings is 4. The van der Waals surface area contributed by atoms with Crippen LogP contribution in [-0.2, 0) is 0 Å². The number of phenols is 6. The fourth-order valence-electron chi connectivity index (χ4n) is 10.3. The van der Waals surface area contributed by atoms with Crippen molar-refractivity contribution in [3.63, 3.8) is 0 Å². The van der Waals surface area contributed by atoms with Crippen LogP contribution in [0.15, 0.2) is 222 Å². The quantitative estimate of drug-likeness (QED) is 0.0569. The molecule has 0 bridgehead atoms. The number of aryl methyl sites for hydroxylation is 4. The van der Waals surface area contributed by atoms with E-state index in [1.165, 1.54) is 31.2 Å². The minimum absolute atomic E-state index is 0.0132. The van der Waals surface area contributed by atoms with Gasteiger partial charge in [-0.05, 0) is 114 Å².